The summed E-state index contributed by atoms with van der Waals surface area (Å²) in [6.45, 7) is -0.0590. The van der Waals surface area contributed by atoms with Gasteiger partial charge in [0.15, 0.2) is 0 Å². The second-order valence-corrected chi connectivity index (χ2v) is 4.91. The molecule has 2 aromatic rings. The third-order valence-electron chi connectivity index (χ3n) is 3.24. The minimum absolute atomic E-state index is 0.285. The van der Waals surface area contributed by atoms with E-state index in [1.165, 1.54) is 24.3 Å². The highest BCUT2D eigenvalue weighted by Gasteiger charge is 2.11. The summed E-state index contributed by atoms with van der Waals surface area (Å²) in [5.74, 6) is -1.37. The fraction of sp³-hybridized carbons (Fsp3) is 0.118. The SMILES string of the molecule is NCc1ccc(C(=O)Oc2ccc(N(C=O)CC(=O)O)cc2)cc1. The van der Waals surface area contributed by atoms with E-state index in [4.69, 9.17) is 15.6 Å². The molecular weight excluding hydrogens is 312 g/mol. The Balaban J connectivity index is 2.06. The van der Waals surface area contributed by atoms with Gasteiger partial charge in [0.1, 0.15) is 12.3 Å². The van der Waals surface area contributed by atoms with Gasteiger partial charge in [-0.25, -0.2) is 4.79 Å². The van der Waals surface area contributed by atoms with Gasteiger partial charge in [0.25, 0.3) is 0 Å². The lowest BCUT2D eigenvalue weighted by Crippen LogP contribution is -2.27. The van der Waals surface area contributed by atoms with Gasteiger partial charge in [-0.15, -0.1) is 0 Å². The molecule has 7 heteroatoms. The van der Waals surface area contributed by atoms with Crippen LogP contribution in [0.5, 0.6) is 5.75 Å². The zero-order valence-electron chi connectivity index (χ0n) is 12.7. The molecule has 0 saturated heterocycles. The number of hydrogen-bond donors (Lipinski definition) is 2. The minimum Gasteiger partial charge on any atom is -0.480 e. The van der Waals surface area contributed by atoms with Crippen LogP contribution in [0.2, 0.25) is 0 Å². The number of aliphatic carboxylic acids is 1. The maximum absolute atomic E-state index is 12.0. The molecule has 2 rings (SSSR count). The van der Waals surface area contributed by atoms with Crippen molar-refractivity contribution in [1.82, 2.24) is 0 Å². The first-order valence-corrected chi connectivity index (χ1v) is 7.08. The monoisotopic (exact) mass is 328 g/mol. The predicted octanol–water partition coefficient (Wildman–Crippen LogP) is 1.41. The average molecular weight is 328 g/mol. The molecule has 0 aromatic heterocycles. The zero-order valence-corrected chi connectivity index (χ0v) is 12.7. The highest BCUT2D eigenvalue weighted by Crippen LogP contribution is 2.19. The van der Waals surface area contributed by atoms with Gasteiger partial charge in [0.2, 0.25) is 6.41 Å². The second-order valence-electron chi connectivity index (χ2n) is 4.91. The summed E-state index contributed by atoms with van der Waals surface area (Å²) in [5, 5.41) is 8.74. The number of ether oxygens (including phenoxy) is 1. The maximum atomic E-state index is 12.0. The van der Waals surface area contributed by atoms with Crippen LogP contribution < -0.4 is 15.4 Å². The van der Waals surface area contributed by atoms with Crippen molar-refractivity contribution in [2.24, 2.45) is 5.73 Å². The molecule has 0 saturated carbocycles. The molecule has 0 unspecified atom stereocenters. The molecule has 1 amide bonds. The number of carboxylic acid groups (broad SMARTS) is 1. The van der Waals surface area contributed by atoms with E-state index in [9.17, 15) is 14.4 Å². The maximum Gasteiger partial charge on any atom is 0.343 e. The third kappa shape index (κ3) is 4.40. The van der Waals surface area contributed by atoms with Crippen molar-refractivity contribution in [2.75, 3.05) is 11.4 Å². The molecule has 0 aliphatic rings. The first-order chi connectivity index (χ1) is 11.5. The van der Waals surface area contributed by atoms with Crippen LogP contribution in [0.15, 0.2) is 48.5 Å². The number of carbonyl (C=O) groups is 3. The van der Waals surface area contributed by atoms with E-state index in [0.29, 0.717) is 24.2 Å². The fourth-order valence-electron chi connectivity index (χ4n) is 1.98. The Kier molecular flexibility index (Phi) is 5.64. The van der Waals surface area contributed by atoms with Crippen LogP contribution in [0.3, 0.4) is 0 Å². The summed E-state index contributed by atoms with van der Waals surface area (Å²) < 4.78 is 5.23. The highest BCUT2D eigenvalue weighted by molar-refractivity contribution is 5.91. The molecule has 0 bridgehead atoms. The third-order valence-corrected chi connectivity index (χ3v) is 3.24. The standard InChI is InChI=1S/C17H16N2O5/c18-9-12-1-3-13(4-2-12)17(23)24-15-7-5-14(6-8-15)19(11-20)10-16(21)22/h1-8,11H,9-10,18H2,(H,21,22). The average Bonchev–Trinajstić information content (AvgIpc) is 2.60. The van der Waals surface area contributed by atoms with E-state index in [1.54, 1.807) is 24.3 Å². The molecule has 7 nitrogen and oxygen atoms in total. The van der Waals surface area contributed by atoms with Crippen molar-refractivity contribution in [3.05, 3.63) is 59.7 Å². The lowest BCUT2D eigenvalue weighted by atomic mass is 10.1. The van der Waals surface area contributed by atoms with Gasteiger partial charge >= 0.3 is 11.9 Å². The number of rotatable bonds is 7. The van der Waals surface area contributed by atoms with E-state index in [-0.39, 0.29) is 5.75 Å². The number of anilines is 1. The predicted molar refractivity (Wildman–Crippen MR) is 86.8 cm³/mol. The smallest absolute Gasteiger partial charge is 0.343 e. The number of amides is 1. The number of nitrogens with zero attached hydrogens (tertiary/aromatic N) is 1. The topological polar surface area (TPSA) is 110 Å². The number of carboxylic acids is 1. The van der Waals surface area contributed by atoms with Crippen molar-refractivity contribution in [3.63, 3.8) is 0 Å². The van der Waals surface area contributed by atoms with Crippen LogP contribution in [-0.4, -0.2) is 30.0 Å². The van der Waals surface area contributed by atoms with Crippen molar-refractivity contribution < 1.29 is 24.2 Å². The number of nitrogens with two attached hydrogens (primary N) is 1. The fourth-order valence-corrected chi connectivity index (χ4v) is 1.98. The Hall–Kier alpha value is -3.19. The molecule has 0 aliphatic carbocycles. The van der Waals surface area contributed by atoms with E-state index in [2.05, 4.69) is 0 Å². The van der Waals surface area contributed by atoms with Crippen molar-refractivity contribution in [1.29, 1.82) is 0 Å². The molecule has 0 atom stereocenters. The quantitative estimate of drug-likeness (QED) is 0.452. The Morgan fingerprint density at radius 2 is 1.71 bits per heavy atom. The molecule has 0 aliphatic heterocycles. The molecule has 0 heterocycles. The normalized spacial score (nSPS) is 10.0. The molecule has 0 fully saturated rings. The Bertz CT molecular complexity index is 726. The van der Waals surface area contributed by atoms with Gasteiger partial charge in [-0.2, -0.15) is 0 Å². The van der Waals surface area contributed by atoms with Gasteiger partial charge < -0.3 is 20.5 Å². The minimum atomic E-state index is -1.13. The first kappa shape index (κ1) is 17.2. The van der Waals surface area contributed by atoms with Gasteiger partial charge in [-0.3, -0.25) is 9.59 Å². The van der Waals surface area contributed by atoms with E-state index >= 15 is 0 Å². The molecule has 24 heavy (non-hydrogen) atoms. The number of hydrogen-bond acceptors (Lipinski definition) is 5. The summed E-state index contributed by atoms with van der Waals surface area (Å²) >= 11 is 0. The van der Waals surface area contributed by atoms with E-state index in [1.807, 2.05) is 0 Å². The van der Waals surface area contributed by atoms with Crippen molar-refractivity contribution in [3.8, 4) is 5.75 Å². The van der Waals surface area contributed by atoms with Crippen LogP contribution in [-0.2, 0) is 16.1 Å². The zero-order chi connectivity index (χ0) is 17.5. The lowest BCUT2D eigenvalue weighted by Gasteiger charge is -2.15. The number of carbonyl (C=O) groups excluding carboxylic acids is 2. The van der Waals surface area contributed by atoms with Gasteiger partial charge in [0, 0.05) is 12.2 Å². The first-order valence-electron chi connectivity index (χ1n) is 7.08. The highest BCUT2D eigenvalue weighted by atomic mass is 16.5. The molecule has 0 radical (unpaired) electrons. The summed E-state index contributed by atoms with van der Waals surface area (Å²) in [7, 11) is 0. The van der Waals surface area contributed by atoms with Crippen LogP contribution in [0, 0.1) is 0 Å². The molecule has 2 aromatic carbocycles. The number of benzene rings is 2. The lowest BCUT2D eigenvalue weighted by molar-refractivity contribution is -0.136. The molecule has 0 spiro atoms. The summed E-state index contributed by atoms with van der Waals surface area (Å²) in [6, 6.07) is 12.7. The van der Waals surface area contributed by atoms with Gasteiger partial charge in [-0.1, -0.05) is 12.1 Å². The van der Waals surface area contributed by atoms with Crippen LogP contribution in [0.4, 0.5) is 5.69 Å². The molecular formula is C17H16N2O5. The number of esters is 1. The van der Waals surface area contributed by atoms with Gasteiger partial charge in [-0.05, 0) is 42.0 Å². The van der Waals surface area contributed by atoms with Crippen LogP contribution in [0.25, 0.3) is 0 Å². The largest absolute Gasteiger partial charge is 0.480 e. The van der Waals surface area contributed by atoms with Crippen molar-refractivity contribution >= 4 is 24.0 Å². The van der Waals surface area contributed by atoms with Crippen LogP contribution >= 0.6 is 0 Å². The second kappa shape index (κ2) is 7.89. The molecule has 124 valence electrons. The Morgan fingerprint density at radius 1 is 1.08 bits per heavy atom. The van der Waals surface area contributed by atoms with E-state index in [0.717, 1.165) is 10.5 Å². The summed E-state index contributed by atoms with van der Waals surface area (Å²) in [6.07, 6.45) is 0.425. The van der Waals surface area contributed by atoms with Gasteiger partial charge in [0.05, 0.1) is 5.56 Å². The summed E-state index contributed by atoms with van der Waals surface area (Å²) in [5.41, 5.74) is 7.18. The summed E-state index contributed by atoms with van der Waals surface area (Å²) in [4.78, 5) is 34.7. The Morgan fingerprint density at radius 3 is 2.21 bits per heavy atom. The van der Waals surface area contributed by atoms with Crippen molar-refractivity contribution in [2.45, 2.75) is 6.54 Å². The van der Waals surface area contributed by atoms with Crippen LogP contribution in [0.1, 0.15) is 15.9 Å². The van der Waals surface area contributed by atoms with E-state index < -0.39 is 18.5 Å². The molecule has 3 N–H and O–H groups in total. The Labute approximate surface area is 138 Å².